The van der Waals surface area contributed by atoms with Crippen molar-refractivity contribution in [2.75, 3.05) is 4.90 Å². The second-order valence-electron chi connectivity index (χ2n) is 14.9. The summed E-state index contributed by atoms with van der Waals surface area (Å²) in [6, 6.07) is 71.8. The van der Waals surface area contributed by atoms with E-state index in [-0.39, 0.29) is 0 Å². The number of hydrogen-bond acceptors (Lipinski definition) is 1. The van der Waals surface area contributed by atoms with E-state index >= 15 is 0 Å². The van der Waals surface area contributed by atoms with Crippen molar-refractivity contribution in [1.82, 2.24) is 0 Å². The molecule has 262 valence electrons. The zero-order chi connectivity index (χ0) is 36.8. The Kier molecular flexibility index (Phi) is 8.15. The number of nitrogens with zero attached hydrogens (tertiary/aromatic N) is 1. The second kappa shape index (κ2) is 13.6. The Balaban J connectivity index is 1.22. The third kappa shape index (κ3) is 5.38. The summed E-state index contributed by atoms with van der Waals surface area (Å²) in [6.07, 6.45) is 8.97. The van der Waals surface area contributed by atoms with Gasteiger partial charge in [-0.3, -0.25) is 0 Å². The van der Waals surface area contributed by atoms with Crippen molar-refractivity contribution in [3.63, 3.8) is 0 Å². The molecule has 0 spiro atoms. The zero-order valence-electron chi connectivity index (χ0n) is 30.9. The van der Waals surface area contributed by atoms with Gasteiger partial charge in [-0.2, -0.15) is 0 Å². The number of benzene rings is 8. The van der Waals surface area contributed by atoms with Gasteiger partial charge in [-0.1, -0.05) is 195 Å². The Morgan fingerprint density at radius 2 is 1.07 bits per heavy atom. The van der Waals surface area contributed by atoms with E-state index in [1.54, 1.807) is 0 Å². The van der Waals surface area contributed by atoms with Crippen molar-refractivity contribution in [3.05, 3.63) is 246 Å². The predicted molar refractivity (Wildman–Crippen MR) is 232 cm³/mol. The molecule has 2 aliphatic rings. The fourth-order valence-electron chi connectivity index (χ4n) is 9.34. The van der Waals surface area contributed by atoms with Gasteiger partial charge in [0.25, 0.3) is 0 Å². The first-order valence-electron chi connectivity index (χ1n) is 19.4. The van der Waals surface area contributed by atoms with E-state index in [0.717, 1.165) is 17.1 Å². The largest absolute Gasteiger partial charge is 0.310 e. The van der Waals surface area contributed by atoms with E-state index in [2.05, 4.69) is 230 Å². The van der Waals surface area contributed by atoms with Gasteiger partial charge in [-0.05, 0) is 91.5 Å². The van der Waals surface area contributed by atoms with Gasteiger partial charge in [0.05, 0.1) is 11.1 Å². The van der Waals surface area contributed by atoms with Crippen molar-refractivity contribution in [2.45, 2.75) is 18.3 Å². The summed E-state index contributed by atoms with van der Waals surface area (Å²) in [4.78, 5) is 2.45. The smallest absolute Gasteiger partial charge is 0.0719 e. The van der Waals surface area contributed by atoms with Crippen LogP contribution in [-0.4, -0.2) is 0 Å². The molecule has 1 nitrogen and oxygen atoms in total. The molecular weight excluding hydrogens is 663 g/mol. The van der Waals surface area contributed by atoms with Gasteiger partial charge in [-0.25, -0.2) is 0 Å². The second-order valence-corrected chi connectivity index (χ2v) is 14.9. The number of hydrogen-bond donors (Lipinski definition) is 0. The summed E-state index contributed by atoms with van der Waals surface area (Å²) in [5.41, 5.74) is 14.3. The molecule has 2 aliphatic carbocycles. The summed E-state index contributed by atoms with van der Waals surface area (Å²) in [6.45, 7) is 2.30. The van der Waals surface area contributed by atoms with Crippen LogP contribution in [0.3, 0.4) is 0 Å². The van der Waals surface area contributed by atoms with E-state index in [1.165, 1.54) is 60.8 Å². The molecular formula is C54H41N. The van der Waals surface area contributed by atoms with Gasteiger partial charge >= 0.3 is 0 Å². The van der Waals surface area contributed by atoms with E-state index in [1.807, 2.05) is 0 Å². The standard InChI is InChI=1S/C54H41N/c1-38-17-8-10-24-45(38)41-31-33-43(34-32-41)55(53-30-15-13-26-47(53)40-18-4-2-5-19-40)44-35-36-52-49(37-44)48-27-12-14-28-51(48)54(52,42-22-6-3-7-23-42)50-29-16-21-39-20-9-11-25-46(39)50/h2-38,45H,1H3. The Labute approximate surface area is 324 Å². The molecule has 0 fully saturated rings. The van der Waals surface area contributed by atoms with Crippen molar-refractivity contribution >= 4 is 27.8 Å². The maximum absolute atomic E-state index is 2.45. The van der Waals surface area contributed by atoms with Gasteiger partial charge in [0.2, 0.25) is 0 Å². The highest BCUT2D eigenvalue weighted by Gasteiger charge is 2.47. The highest BCUT2D eigenvalue weighted by atomic mass is 15.1. The first-order chi connectivity index (χ1) is 27.2. The molecule has 55 heavy (non-hydrogen) atoms. The quantitative estimate of drug-likeness (QED) is 0.160. The molecule has 0 aromatic heterocycles. The lowest BCUT2D eigenvalue weighted by Crippen LogP contribution is -2.29. The van der Waals surface area contributed by atoms with E-state index in [9.17, 15) is 0 Å². The minimum Gasteiger partial charge on any atom is -0.310 e. The molecule has 0 saturated carbocycles. The average Bonchev–Trinajstić information content (AvgIpc) is 3.55. The Bertz CT molecular complexity index is 2720. The van der Waals surface area contributed by atoms with E-state index in [4.69, 9.17) is 0 Å². The van der Waals surface area contributed by atoms with Crippen LogP contribution < -0.4 is 4.90 Å². The Morgan fingerprint density at radius 1 is 0.455 bits per heavy atom. The van der Waals surface area contributed by atoms with Gasteiger partial charge < -0.3 is 4.90 Å². The van der Waals surface area contributed by atoms with E-state index < -0.39 is 5.41 Å². The number of allylic oxidation sites excluding steroid dienone is 4. The van der Waals surface area contributed by atoms with Crippen molar-refractivity contribution in [3.8, 4) is 22.3 Å². The lowest BCUT2D eigenvalue weighted by Gasteiger charge is -2.35. The molecule has 0 aliphatic heterocycles. The maximum atomic E-state index is 2.45. The van der Waals surface area contributed by atoms with Gasteiger partial charge in [0.15, 0.2) is 0 Å². The Morgan fingerprint density at radius 3 is 1.89 bits per heavy atom. The fourth-order valence-corrected chi connectivity index (χ4v) is 9.34. The van der Waals surface area contributed by atoms with Crippen molar-refractivity contribution in [2.24, 2.45) is 5.92 Å². The van der Waals surface area contributed by atoms with Crippen LogP contribution in [0.15, 0.2) is 218 Å². The molecule has 3 atom stereocenters. The van der Waals surface area contributed by atoms with Crippen LogP contribution in [0, 0.1) is 5.92 Å². The summed E-state index contributed by atoms with van der Waals surface area (Å²) in [7, 11) is 0. The number of anilines is 3. The van der Waals surface area contributed by atoms with E-state index in [0.29, 0.717) is 11.8 Å². The molecule has 8 aromatic carbocycles. The van der Waals surface area contributed by atoms with Crippen LogP contribution in [0.4, 0.5) is 17.1 Å². The monoisotopic (exact) mass is 703 g/mol. The van der Waals surface area contributed by atoms with Gasteiger partial charge in [0, 0.05) is 22.9 Å². The highest BCUT2D eigenvalue weighted by Crippen LogP contribution is 2.58. The molecule has 0 N–H and O–H groups in total. The normalized spacial score (nSPS) is 18.2. The van der Waals surface area contributed by atoms with Crippen molar-refractivity contribution in [1.29, 1.82) is 0 Å². The summed E-state index contributed by atoms with van der Waals surface area (Å²) < 4.78 is 0. The molecule has 0 bridgehead atoms. The lowest BCUT2D eigenvalue weighted by atomic mass is 9.66. The fraction of sp³-hybridized carbons (Fsp3) is 0.0741. The topological polar surface area (TPSA) is 3.24 Å². The molecule has 10 rings (SSSR count). The average molecular weight is 704 g/mol. The van der Waals surface area contributed by atoms with Crippen LogP contribution in [0.2, 0.25) is 0 Å². The third-order valence-electron chi connectivity index (χ3n) is 11.9. The molecule has 0 amide bonds. The molecule has 8 aromatic rings. The SMILES string of the molecule is CC1C=CC=CC1c1ccc(N(c2ccc3c(c2)-c2ccccc2C3(c2ccccc2)c2cccc3ccccc23)c2ccccc2-c2ccccc2)cc1. The lowest BCUT2D eigenvalue weighted by molar-refractivity contribution is 0.635. The summed E-state index contributed by atoms with van der Waals surface area (Å²) >= 11 is 0. The van der Waals surface area contributed by atoms with Crippen LogP contribution in [-0.2, 0) is 5.41 Å². The summed E-state index contributed by atoms with van der Waals surface area (Å²) in [5.74, 6) is 0.815. The first kappa shape index (κ1) is 32.9. The molecule has 1 heteroatoms. The zero-order valence-corrected chi connectivity index (χ0v) is 30.9. The maximum Gasteiger partial charge on any atom is 0.0719 e. The number of fused-ring (bicyclic) bond motifs is 4. The molecule has 0 saturated heterocycles. The number of para-hydroxylation sites is 1. The highest BCUT2D eigenvalue weighted by molar-refractivity contribution is 5.96. The first-order valence-corrected chi connectivity index (χ1v) is 19.4. The minimum atomic E-state index is -0.500. The summed E-state index contributed by atoms with van der Waals surface area (Å²) in [5, 5.41) is 2.52. The van der Waals surface area contributed by atoms with Crippen LogP contribution in [0.1, 0.15) is 40.7 Å². The van der Waals surface area contributed by atoms with Crippen LogP contribution in [0.25, 0.3) is 33.0 Å². The van der Waals surface area contributed by atoms with Crippen molar-refractivity contribution < 1.29 is 0 Å². The van der Waals surface area contributed by atoms with Gasteiger partial charge in [0.1, 0.15) is 0 Å². The number of rotatable bonds is 7. The van der Waals surface area contributed by atoms with Crippen LogP contribution in [0.5, 0.6) is 0 Å². The van der Waals surface area contributed by atoms with Crippen LogP contribution >= 0.6 is 0 Å². The predicted octanol–water partition coefficient (Wildman–Crippen LogP) is 14.2. The minimum absolute atomic E-state index is 0.362. The molecule has 0 radical (unpaired) electrons. The molecule has 3 unspecified atom stereocenters. The Hall–Kier alpha value is -6.70. The van der Waals surface area contributed by atoms with Gasteiger partial charge in [-0.15, -0.1) is 0 Å². The molecule has 0 heterocycles. The third-order valence-corrected chi connectivity index (χ3v) is 11.9.